The molecule has 0 radical (unpaired) electrons. The van der Waals surface area contributed by atoms with Gasteiger partial charge in [-0.15, -0.1) is 0 Å². The van der Waals surface area contributed by atoms with Crippen LogP contribution in [0.3, 0.4) is 0 Å². The quantitative estimate of drug-likeness (QED) is 0.300. The van der Waals surface area contributed by atoms with Crippen LogP contribution in [0.25, 0.3) is 5.76 Å². The molecule has 1 amide bonds. The number of nitro benzene ring substituents is 1. The van der Waals surface area contributed by atoms with Gasteiger partial charge < -0.3 is 10.0 Å². The minimum absolute atomic E-state index is 0.160. The van der Waals surface area contributed by atoms with Crippen LogP contribution in [0, 0.1) is 15.9 Å². The summed E-state index contributed by atoms with van der Waals surface area (Å²) in [5, 5.41) is 21.6. The monoisotopic (exact) mass is 356 g/mol. The number of halogens is 1. The van der Waals surface area contributed by atoms with E-state index >= 15 is 0 Å². The molecular formula is C18H13FN2O5. The molecule has 0 aliphatic carbocycles. The lowest BCUT2D eigenvalue weighted by atomic mass is 9.95. The maximum Gasteiger partial charge on any atom is 0.295 e. The van der Waals surface area contributed by atoms with Gasteiger partial charge in [0, 0.05) is 24.7 Å². The Morgan fingerprint density at radius 3 is 2.46 bits per heavy atom. The van der Waals surface area contributed by atoms with E-state index in [0.717, 1.165) is 17.0 Å². The highest BCUT2D eigenvalue weighted by molar-refractivity contribution is 6.46. The number of benzene rings is 2. The van der Waals surface area contributed by atoms with Crippen LogP contribution < -0.4 is 0 Å². The van der Waals surface area contributed by atoms with Gasteiger partial charge >= 0.3 is 0 Å². The lowest BCUT2D eigenvalue weighted by Crippen LogP contribution is -2.24. The molecule has 1 aliphatic rings. The van der Waals surface area contributed by atoms with E-state index in [1.165, 1.54) is 43.4 Å². The average Bonchev–Trinajstić information content (AvgIpc) is 2.86. The number of Topliss-reactive ketones (excluding diaryl/α,β-unsaturated/α-hetero) is 1. The minimum atomic E-state index is -0.986. The van der Waals surface area contributed by atoms with Gasteiger partial charge in [0.05, 0.1) is 16.5 Å². The predicted octanol–water partition coefficient (Wildman–Crippen LogP) is 2.79. The number of likely N-dealkylation sites (tertiary alicyclic amines) is 1. The first kappa shape index (κ1) is 17.3. The zero-order valence-electron chi connectivity index (χ0n) is 13.5. The molecule has 132 valence electrons. The molecule has 1 saturated heterocycles. The van der Waals surface area contributed by atoms with Crippen molar-refractivity contribution in [1.29, 1.82) is 0 Å². The number of hydrogen-bond donors (Lipinski definition) is 1. The number of amides is 1. The molecule has 0 bridgehead atoms. The summed E-state index contributed by atoms with van der Waals surface area (Å²) in [4.78, 5) is 36.1. The largest absolute Gasteiger partial charge is 0.507 e. The summed E-state index contributed by atoms with van der Waals surface area (Å²) in [6.07, 6.45) is 0. The molecule has 26 heavy (non-hydrogen) atoms. The first-order chi connectivity index (χ1) is 12.3. The lowest BCUT2D eigenvalue weighted by molar-refractivity contribution is -0.384. The number of rotatable bonds is 3. The van der Waals surface area contributed by atoms with Gasteiger partial charge in [0.2, 0.25) is 0 Å². The molecule has 1 unspecified atom stereocenters. The number of non-ortho nitro benzene ring substituents is 1. The van der Waals surface area contributed by atoms with E-state index in [4.69, 9.17) is 0 Å². The Morgan fingerprint density at radius 2 is 1.85 bits per heavy atom. The molecule has 1 heterocycles. The van der Waals surface area contributed by atoms with Crippen molar-refractivity contribution in [3.05, 3.63) is 81.2 Å². The Kier molecular flexibility index (Phi) is 4.25. The number of carbonyl (C=O) groups excluding carboxylic acids is 2. The Bertz CT molecular complexity index is 952. The Morgan fingerprint density at radius 1 is 1.19 bits per heavy atom. The number of aliphatic hydroxyl groups excluding tert-OH is 1. The standard InChI is InChI=1S/C18H13FN2O5/c1-20-15(11-3-2-4-13(9-11)21(25)26)14(17(23)18(20)24)16(22)10-5-7-12(19)8-6-10/h2-9,15,22H,1H3/b16-14+. The lowest BCUT2D eigenvalue weighted by Gasteiger charge is -2.20. The third-order valence-corrected chi connectivity index (χ3v) is 4.19. The second-order valence-electron chi connectivity index (χ2n) is 5.77. The highest BCUT2D eigenvalue weighted by Gasteiger charge is 2.44. The molecule has 1 atom stereocenters. The van der Waals surface area contributed by atoms with Gasteiger partial charge in [-0.05, 0) is 29.8 Å². The summed E-state index contributed by atoms with van der Waals surface area (Å²) in [6.45, 7) is 0. The molecule has 1 fully saturated rings. The van der Waals surface area contributed by atoms with Crippen LogP contribution >= 0.6 is 0 Å². The molecule has 3 rings (SSSR count). The van der Waals surface area contributed by atoms with E-state index < -0.39 is 34.2 Å². The third kappa shape index (κ3) is 2.81. The van der Waals surface area contributed by atoms with Crippen molar-refractivity contribution in [2.24, 2.45) is 0 Å². The van der Waals surface area contributed by atoms with Gasteiger partial charge in [-0.25, -0.2) is 4.39 Å². The van der Waals surface area contributed by atoms with Crippen LogP contribution in [0.4, 0.5) is 10.1 Å². The van der Waals surface area contributed by atoms with Gasteiger partial charge in [0.25, 0.3) is 17.4 Å². The molecule has 0 spiro atoms. The summed E-state index contributed by atoms with van der Waals surface area (Å²) < 4.78 is 13.1. The number of likely N-dealkylation sites (N-methyl/N-ethyl adjacent to an activating group) is 1. The maximum absolute atomic E-state index is 13.1. The molecule has 1 N–H and O–H groups in total. The molecule has 2 aromatic carbocycles. The normalized spacial score (nSPS) is 19.0. The first-order valence-electron chi connectivity index (χ1n) is 7.56. The van der Waals surface area contributed by atoms with E-state index in [2.05, 4.69) is 0 Å². The van der Waals surface area contributed by atoms with Gasteiger partial charge in [-0.1, -0.05) is 12.1 Å². The highest BCUT2D eigenvalue weighted by atomic mass is 19.1. The van der Waals surface area contributed by atoms with E-state index in [-0.39, 0.29) is 16.8 Å². The summed E-state index contributed by atoms with van der Waals surface area (Å²) in [5.74, 6) is -2.74. The number of nitro groups is 1. The van der Waals surface area contributed by atoms with E-state index in [0.29, 0.717) is 5.56 Å². The number of hydrogen-bond acceptors (Lipinski definition) is 5. The van der Waals surface area contributed by atoms with Crippen LogP contribution in [-0.4, -0.2) is 33.7 Å². The fourth-order valence-corrected chi connectivity index (χ4v) is 2.91. The summed E-state index contributed by atoms with van der Waals surface area (Å²) >= 11 is 0. The molecule has 8 heteroatoms. The van der Waals surface area contributed by atoms with Gasteiger partial charge in [-0.2, -0.15) is 0 Å². The maximum atomic E-state index is 13.1. The minimum Gasteiger partial charge on any atom is -0.507 e. The van der Waals surface area contributed by atoms with E-state index in [9.17, 15) is 29.2 Å². The second-order valence-corrected chi connectivity index (χ2v) is 5.77. The Labute approximate surface area is 147 Å². The van der Waals surface area contributed by atoms with Gasteiger partial charge in [-0.3, -0.25) is 19.7 Å². The zero-order valence-corrected chi connectivity index (χ0v) is 13.5. The Hall–Kier alpha value is -3.55. The predicted molar refractivity (Wildman–Crippen MR) is 89.6 cm³/mol. The number of ketones is 1. The number of nitrogens with zero attached hydrogens (tertiary/aromatic N) is 2. The molecule has 0 saturated carbocycles. The summed E-state index contributed by atoms with van der Waals surface area (Å²) in [5.41, 5.74) is 0.0609. The van der Waals surface area contributed by atoms with Crippen LogP contribution in [0.2, 0.25) is 0 Å². The average molecular weight is 356 g/mol. The number of aliphatic hydroxyl groups is 1. The van der Waals surface area contributed by atoms with Crippen LogP contribution in [0.5, 0.6) is 0 Å². The number of carbonyl (C=O) groups is 2. The molecule has 1 aliphatic heterocycles. The molecular weight excluding hydrogens is 343 g/mol. The second kappa shape index (κ2) is 6.40. The van der Waals surface area contributed by atoms with Crippen molar-refractivity contribution < 1.29 is 24.0 Å². The first-order valence-corrected chi connectivity index (χ1v) is 7.56. The smallest absolute Gasteiger partial charge is 0.295 e. The van der Waals surface area contributed by atoms with E-state index in [1.54, 1.807) is 0 Å². The van der Waals surface area contributed by atoms with E-state index in [1.807, 2.05) is 0 Å². The summed E-state index contributed by atoms with van der Waals surface area (Å²) in [7, 11) is 1.37. The molecule has 7 nitrogen and oxygen atoms in total. The van der Waals surface area contributed by atoms with Crippen molar-refractivity contribution in [3.63, 3.8) is 0 Å². The fraction of sp³-hybridized carbons (Fsp3) is 0.111. The van der Waals surface area contributed by atoms with Crippen molar-refractivity contribution in [2.45, 2.75) is 6.04 Å². The zero-order chi connectivity index (χ0) is 19.0. The van der Waals surface area contributed by atoms with Gasteiger partial charge in [0.15, 0.2) is 0 Å². The van der Waals surface area contributed by atoms with Crippen LogP contribution in [0.1, 0.15) is 17.2 Å². The topological polar surface area (TPSA) is 101 Å². The van der Waals surface area contributed by atoms with Crippen molar-refractivity contribution in [3.8, 4) is 0 Å². The van der Waals surface area contributed by atoms with Gasteiger partial charge in [0.1, 0.15) is 11.6 Å². The highest BCUT2D eigenvalue weighted by Crippen LogP contribution is 2.39. The summed E-state index contributed by atoms with van der Waals surface area (Å²) in [6, 6.07) is 9.27. The fourth-order valence-electron chi connectivity index (χ4n) is 2.91. The SMILES string of the molecule is CN1C(=O)C(=O)/C(=C(/O)c2ccc(F)cc2)C1c1cccc([N+](=O)[O-])c1. The molecule has 2 aromatic rings. The van der Waals surface area contributed by atoms with Crippen molar-refractivity contribution >= 4 is 23.1 Å². The van der Waals surface area contributed by atoms with Crippen LogP contribution in [0.15, 0.2) is 54.1 Å². The Balaban J connectivity index is 2.18. The van der Waals surface area contributed by atoms with Crippen LogP contribution in [-0.2, 0) is 9.59 Å². The third-order valence-electron chi connectivity index (χ3n) is 4.19. The molecule has 0 aromatic heterocycles. The van der Waals surface area contributed by atoms with Crippen molar-refractivity contribution in [1.82, 2.24) is 4.90 Å². The van der Waals surface area contributed by atoms with Crippen molar-refractivity contribution in [2.75, 3.05) is 7.05 Å².